The molecule has 1 saturated heterocycles. The number of halogens is 1. The third kappa shape index (κ3) is 3.72. The van der Waals surface area contributed by atoms with Crippen molar-refractivity contribution in [1.29, 1.82) is 0 Å². The van der Waals surface area contributed by atoms with Gasteiger partial charge in [0.15, 0.2) is 0 Å². The van der Waals surface area contributed by atoms with Gasteiger partial charge in [0.25, 0.3) is 11.8 Å². The number of benzene rings is 1. The quantitative estimate of drug-likeness (QED) is 0.689. The van der Waals surface area contributed by atoms with Crippen LogP contribution in [0.1, 0.15) is 50.5 Å². The van der Waals surface area contributed by atoms with Crippen molar-refractivity contribution in [3.8, 4) is 0 Å². The van der Waals surface area contributed by atoms with Gasteiger partial charge >= 0.3 is 6.03 Å². The van der Waals surface area contributed by atoms with Crippen LogP contribution in [0.15, 0.2) is 52.2 Å². The Labute approximate surface area is 184 Å². The van der Waals surface area contributed by atoms with Crippen molar-refractivity contribution >= 4 is 35.2 Å². The van der Waals surface area contributed by atoms with Crippen LogP contribution in [0.2, 0.25) is 5.02 Å². The fourth-order valence-electron chi connectivity index (χ4n) is 4.02. The van der Waals surface area contributed by atoms with Crippen molar-refractivity contribution in [3.63, 3.8) is 0 Å². The highest BCUT2D eigenvalue weighted by Gasteiger charge is 2.50. The third-order valence-corrected chi connectivity index (χ3v) is 6.21. The second-order valence-electron chi connectivity index (χ2n) is 7.64. The molecule has 1 atom stereocenters. The molecule has 1 aromatic carbocycles. The summed E-state index contributed by atoms with van der Waals surface area (Å²) in [6.45, 7) is 3.28. The Kier molecular flexibility index (Phi) is 5.58. The topological polar surface area (TPSA) is 95.2 Å². The van der Waals surface area contributed by atoms with Crippen LogP contribution in [0.5, 0.6) is 0 Å². The fraction of sp³-hybridized carbons (Fsp3) is 0.364. The number of nitrogens with zero attached hydrogens (tertiary/aromatic N) is 3. The highest BCUT2D eigenvalue weighted by Crippen LogP contribution is 2.34. The van der Waals surface area contributed by atoms with E-state index in [4.69, 9.17) is 16.0 Å². The van der Waals surface area contributed by atoms with Gasteiger partial charge in [0, 0.05) is 11.4 Å². The number of furan rings is 1. The number of hydrogen-bond donors (Lipinski definition) is 1. The molecule has 0 bridgehead atoms. The van der Waals surface area contributed by atoms with E-state index < -0.39 is 23.5 Å². The number of carbonyl (C=O) groups excluding carboxylic acids is 3. The first kappa shape index (κ1) is 21.1. The maximum atomic E-state index is 13.2. The molecule has 0 aliphatic carbocycles. The minimum absolute atomic E-state index is 0.383. The first-order chi connectivity index (χ1) is 14.9. The predicted molar refractivity (Wildman–Crippen MR) is 114 cm³/mol. The van der Waals surface area contributed by atoms with Crippen LogP contribution < -0.4 is 5.32 Å². The van der Waals surface area contributed by atoms with Crippen molar-refractivity contribution in [1.82, 2.24) is 15.2 Å². The molecule has 1 fully saturated rings. The molecular weight excluding hydrogens is 420 g/mol. The summed E-state index contributed by atoms with van der Waals surface area (Å²) >= 11 is 5.98. The van der Waals surface area contributed by atoms with E-state index in [1.807, 2.05) is 26.0 Å². The van der Waals surface area contributed by atoms with Crippen LogP contribution in [0.3, 0.4) is 0 Å². The number of hydrazone groups is 1. The molecule has 9 heteroatoms. The first-order valence-corrected chi connectivity index (χ1v) is 10.6. The van der Waals surface area contributed by atoms with Gasteiger partial charge in [-0.15, -0.1) is 0 Å². The standard InChI is InChI=1S/C22H23ClN4O4/c1-3-22(4-2)20(29)26(21(30)24-22)13-19(28)27-17(18-6-5-11-31-18)12-16(25-27)14-7-9-15(23)10-8-14/h5-11,17H,3-4,12-13H2,1-2H3,(H,24,30)/t17-/m0/s1. The Bertz CT molecular complexity index is 1030. The summed E-state index contributed by atoms with van der Waals surface area (Å²) in [6, 6.07) is 9.69. The van der Waals surface area contributed by atoms with E-state index in [0.29, 0.717) is 35.8 Å². The number of rotatable bonds is 6. The van der Waals surface area contributed by atoms with Crippen molar-refractivity contribution in [3.05, 3.63) is 59.0 Å². The minimum Gasteiger partial charge on any atom is -0.467 e. The molecule has 0 radical (unpaired) electrons. The zero-order valence-electron chi connectivity index (χ0n) is 17.3. The van der Waals surface area contributed by atoms with E-state index in [9.17, 15) is 14.4 Å². The molecule has 2 aromatic rings. The summed E-state index contributed by atoms with van der Waals surface area (Å²) in [5.74, 6) is -0.266. The molecule has 0 spiro atoms. The zero-order chi connectivity index (χ0) is 22.2. The first-order valence-electron chi connectivity index (χ1n) is 10.2. The molecule has 2 aliphatic rings. The molecule has 2 aliphatic heterocycles. The molecule has 4 amide bonds. The second kappa shape index (κ2) is 8.19. The van der Waals surface area contributed by atoms with Gasteiger partial charge in [0.2, 0.25) is 0 Å². The third-order valence-electron chi connectivity index (χ3n) is 5.96. The summed E-state index contributed by atoms with van der Waals surface area (Å²) in [5.41, 5.74) is 0.572. The van der Waals surface area contributed by atoms with E-state index in [0.717, 1.165) is 10.5 Å². The Morgan fingerprint density at radius 2 is 1.94 bits per heavy atom. The fourth-order valence-corrected chi connectivity index (χ4v) is 4.14. The molecular formula is C22H23ClN4O4. The monoisotopic (exact) mass is 442 g/mol. The lowest BCUT2D eigenvalue weighted by molar-refractivity contribution is -0.140. The highest BCUT2D eigenvalue weighted by molar-refractivity contribution is 6.30. The van der Waals surface area contributed by atoms with Gasteiger partial charge in [-0.25, -0.2) is 9.80 Å². The molecule has 0 saturated carbocycles. The maximum Gasteiger partial charge on any atom is 0.325 e. The summed E-state index contributed by atoms with van der Waals surface area (Å²) in [4.78, 5) is 39.5. The minimum atomic E-state index is -0.958. The number of imide groups is 1. The van der Waals surface area contributed by atoms with Gasteiger partial charge in [-0.3, -0.25) is 14.5 Å². The summed E-state index contributed by atoms with van der Waals surface area (Å²) in [5, 5.41) is 9.17. The molecule has 162 valence electrons. The van der Waals surface area contributed by atoms with Crippen LogP contribution in [0, 0.1) is 0 Å². The van der Waals surface area contributed by atoms with Crippen molar-refractivity contribution < 1.29 is 18.8 Å². The Balaban J connectivity index is 1.60. The van der Waals surface area contributed by atoms with E-state index in [2.05, 4.69) is 10.4 Å². The lowest BCUT2D eigenvalue weighted by atomic mass is 9.93. The highest BCUT2D eigenvalue weighted by atomic mass is 35.5. The van der Waals surface area contributed by atoms with E-state index in [-0.39, 0.29) is 12.5 Å². The molecule has 1 N–H and O–H groups in total. The predicted octanol–water partition coefficient (Wildman–Crippen LogP) is 3.72. The maximum absolute atomic E-state index is 13.2. The van der Waals surface area contributed by atoms with E-state index in [1.54, 1.807) is 24.3 Å². The number of hydrogen-bond acceptors (Lipinski definition) is 5. The molecule has 1 aromatic heterocycles. The van der Waals surface area contributed by atoms with Crippen LogP contribution >= 0.6 is 11.6 Å². The molecule has 3 heterocycles. The lowest BCUT2D eigenvalue weighted by Crippen LogP contribution is -2.46. The number of nitrogens with one attached hydrogen (secondary N) is 1. The largest absolute Gasteiger partial charge is 0.467 e. The number of carbonyl (C=O) groups is 3. The molecule has 4 rings (SSSR count). The van der Waals surface area contributed by atoms with Gasteiger partial charge < -0.3 is 9.73 Å². The van der Waals surface area contributed by atoms with Gasteiger partial charge in [-0.1, -0.05) is 37.6 Å². The van der Waals surface area contributed by atoms with Gasteiger partial charge in [-0.05, 0) is 42.7 Å². The Hall–Kier alpha value is -3.13. The van der Waals surface area contributed by atoms with Crippen LogP contribution in [0.4, 0.5) is 4.79 Å². The SMILES string of the molecule is CCC1(CC)NC(=O)N(CC(=O)N2N=C(c3ccc(Cl)cc3)C[C@H]2c2ccco2)C1=O. The molecule has 31 heavy (non-hydrogen) atoms. The number of amides is 4. The van der Waals surface area contributed by atoms with Crippen molar-refractivity contribution in [2.75, 3.05) is 6.54 Å². The normalized spacial score (nSPS) is 20.2. The molecule has 8 nitrogen and oxygen atoms in total. The van der Waals surface area contributed by atoms with Gasteiger partial charge in [0.1, 0.15) is 23.9 Å². The number of urea groups is 1. The average Bonchev–Trinajstić information content (AvgIpc) is 3.49. The van der Waals surface area contributed by atoms with Gasteiger partial charge in [0.05, 0.1) is 12.0 Å². The molecule has 0 unspecified atom stereocenters. The van der Waals surface area contributed by atoms with E-state index >= 15 is 0 Å². The summed E-state index contributed by atoms with van der Waals surface area (Å²) in [7, 11) is 0. The lowest BCUT2D eigenvalue weighted by Gasteiger charge is -2.24. The van der Waals surface area contributed by atoms with E-state index in [1.165, 1.54) is 11.3 Å². The smallest absolute Gasteiger partial charge is 0.325 e. The van der Waals surface area contributed by atoms with Crippen molar-refractivity contribution in [2.45, 2.75) is 44.7 Å². The second-order valence-corrected chi connectivity index (χ2v) is 8.07. The Morgan fingerprint density at radius 3 is 2.52 bits per heavy atom. The van der Waals surface area contributed by atoms with Gasteiger partial charge in [-0.2, -0.15) is 5.10 Å². The summed E-state index contributed by atoms with van der Waals surface area (Å²) in [6.07, 6.45) is 2.88. The average molecular weight is 443 g/mol. The van der Waals surface area contributed by atoms with Crippen molar-refractivity contribution in [2.24, 2.45) is 5.10 Å². The van der Waals surface area contributed by atoms with Crippen LogP contribution in [0.25, 0.3) is 0 Å². The van der Waals surface area contributed by atoms with Crippen LogP contribution in [-0.4, -0.2) is 45.5 Å². The summed E-state index contributed by atoms with van der Waals surface area (Å²) < 4.78 is 5.53. The van der Waals surface area contributed by atoms with Crippen LogP contribution in [-0.2, 0) is 9.59 Å². The zero-order valence-corrected chi connectivity index (χ0v) is 18.1. The Morgan fingerprint density at radius 1 is 1.23 bits per heavy atom.